The standard InChI is InChI=1S/C17H16FN3O3/c18-13-4-3-12(11-14(13)20-8-1-2-9-20)19-15(22)7-10-21-16(23)5-6-17(21)24/h1-4,8-9,11H,5-7,10H2,(H,19,22). The molecule has 1 aliphatic rings. The van der Waals surface area contributed by atoms with Gasteiger partial charge in [0.2, 0.25) is 17.7 Å². The third-order valence-corrected chi connectivity index (χ3v) is 3.83. The van der Waals surface area contributed by atoms with E-state index in [1.54, 1.807) is 29.1 Å². The smallest absolute Gasteiger partial charge is 0.229 e. The molecule has 1 aliphatic heterocycles. The van der Waals surface area contributed by atoms with Gasteiger partial charge in [-0.1, -0.05) is 0 Å². The Kier molecular flexibility index (Phi) is 4.41. The number of hydrogen-bond donors (Lipinski definition) is 1. The highest BCUT2D eigenvalue weighted by atomic mass is 19.1. The number of amides is 3. The van der Waals surface area contributed by atoms with Crippen LogP contribution in [0.15, 0.2) is 42.7 Å². The van der Waals surface area contributed by atoms with Crippen molar-refractivity contribution in [1.29, 1.82) is 0 Å². The summed E-state index contributed by atoms with van der Waals surface area (Å²) >= 11 is 0. The maximum atomic E-state index is 13.9. The summed E-state index contributed by atoms with van der Waals surface area (Å²) in [5.41, 5.74) is 0.770. The lowest BCUT2D eigenvalue weighted by molar-refractivity contribution is -0.138. The molecule has 1 N–H and O–H groups in total. The van der Waals surface area contributed by atoms with Gasteiger partial charge in [-0.2, -0.15) is 0 Å². The molecule has 0 spiro atoms. The molecule has 1 aromatic heterocycles. The lowest BCUT2D eigenvalue weighted by atomic mass is 10.2. The van der Waals surface area contributed by atoms with Gasteiger partial charge in [-0.15, -0.1) is 0 Å². The van der Waals surface area contributed by atoms with E-state index in [1.807, 2.05) is 0 Å². The van der Waals surface area contributed by atoms with Crippen LogP contribution in [0.1, 0.15) is 19.3 Å². The number of likely N-dealkylation sites (tertiary alicyclic amines) is 1. The third kappa shape index (κ3) is 3.34. The van der Waals surface area contributed by atoms with Gasteiger partial charge < -0.3 is 9.88 Å². The molecule has 1 saturated heterocycles. The molecule has 0 saturated carbocycles. The van der Waals surface area contributed by atoms with Crippen molar-refractivity contribution in [3.8, 4) is 5.69 Å². The Morgan fingerprint density at radius 3 is 2.46 bits per heavy atom. The highest BCUT2D eigenvalue weighted by Gasteiger charge is 2.28. The number of benzene rings is 1. The Hall–Kier alpha value is -2.96. The number of halogens is 1. The number of aromatic nitrogens is 1. The summed E-state index contributed by atoms with van der Waals surface area (Å²) in [6, 6.07) is 7.81. The first-order chi connectivity index (χ1) is 11.5. The van der Waals surface area contributed by atoms with Crippen molar-refractivity contribution in [3.05, 3.63) is 48.5 Å². The van der Waals surface area contributed by atoms with Crippen LogP contribution in [0.5, 0.6) is 0 Å². The molecular weight excluding hydrogens is 313 g/mol. The van der Waals surface area contributed by atoms with E-state index in [0.717, 1.165) is 4.90 Å². The molecule has 0 atom stereocenters. The summed E-state index contributed by atoms with van der Waals surface area (Å²) in [5.74, 6) is -1.24. The summed E-state index contributed by atoms with van der Waals surface area (Å²) in [6.07, 6.45) is 3.83. The van der Waals surface area contributed by atoms with Gasteiger partial charge in [0.15, 0.2) is 0 Å². The van der Waals surface area contributed by atoms with Crippen LogP contribution in [0.4, 0.5) is 10.1 Å². The average molecular weight is 329 g/mol. The van der Waals surface area contributed by atoms with Gasteiger partial charge in [-0.25, -0.2) is 4.39 Å². The zero-order chi connectivity index (χ0) is 17.1. The molecule has 0 bridgehead atoms. The first-order valence-corrected chi connectivity index (χ1v) is 7.60. The molecule has 2 heterocycles. The maximum Gasteiger partial charge on any atom is 0.229 e. The predicted molar refractivity (Wildman–Crippen MR) is 84.9 cm³/mol. The SMILES string of the molecule is O=C(CCN1C(=O)CCC1=O)Nc1ccc(F)c(-n2cccc2)c1. The van der Waals surface area contributed by atoms with Crippen LogP contribution in [0, 0.1) is 5.82 Å². The van der Waals surface area contributed by atoms with E-state index in [-0.39, 0.29) is 43.5 Å². The molecule has 24 heavy (non-hydrogen) atoms. The van der Waals surface area contributed by atoms with Crippen molar-refractivity contribution >= 4 is 23.4 Å². The Bertz CT molecular complexity index is 770. The minimum absolute atomic E-state index is 0.00765. The van der Waals surface area contributed by atoms with E-state index in [9.17, 15) is 18.8 Å². The molecule has 2 aromatic rings. The van der Waals surface area contributed by atoms with Gasteiger partial charge >= 0.3 is 0 Å². The van der Waals surface area contributed by atoms with E-state index in [4.69, 9.17) is 0 Å². The summed E-state index contributed by atoms with van der Waals surface area (Å²) in [7, 11) is 0. The van der Waals surface area contributed by atoms with Gasteiger partial charge in [0.25, 0.3) is 0 Å². The lowest BCUT2D eigenvalue weighted by Gasteiger charge is -2.14. The quantitative estimate of drug-likeness (QED) is 0.854. The molecule has 0 radical (unpaired) electrons. The van der Waals surface area contributed by atoms with Gasteiger partial charge in [0.1, 0.15) is 5.82 Å². The molecule has 1 fully saturated rings. The summed E-state index contributed by atoms with van der Waals surface area (Å²) in [5, 5.41) is 2.66. The molecule has 3 amide bonds. The number of carbonyl (C=O) groups excluding carboxylic acids is 3. The fourth-order valence-electron chi connectivity index (χ4n) is 2.59. The number of anilines is 1. The number of nitrogens with zero attached hydrogens (tertiary/aromatic N) is 2. The van der Waals surface area contributed by atoms with E-state index >= 15 is 0 Å². The van der Waals surface area contributed by atoms with Crippen LogP contribution in [0.3, 0.4) is 0 Å². The number of imide groups is 1. The number of hydrogen-bond acceptors (Lipinski definition) is 3. The normalized spacial score (nSPS) is 14.3. The molecule has 3 rings (SSSR count). The average Bonchev–Trinajstić information content (AvgIpc) is 3.18. The van der Waals surface area contributed by atoms with Crippen LogP contribution in [0.2, 0.25) is 0 Å². The number of carbonyl (C=O) groups is 3. The van der Waals surface area contributed by atoms with Crippen molar-refractivity contribution in [1.82, 2.24) is 9.47 Å². The van der Waals surface area contributed by atoms with Crippen LogP contribution in [-0.2, 0) is 14.4 Å². The largest absolute Gasteiger partial charge is 0.326 e. The Balaban J connectivity index is 1.63. The van der Waals surface area contributed by atoms with Gasteiger partial charge in [-0.05, 0) is 30.3 Å². The molecular formula is C17H16FN3O3. The van der Waals surface area contributed by atoms with Crippen LogP contribution < -0.4 is 5.32 Å². The Labute approximate surface area is 137 Å². The van der Waals surface area contributed by atoms with Gasteiger partial charge in [0, 0.05) is 43.9 Å². The second-order valence-electron chi connectivity index (χ2n) is 5.49. The zero-order valence-corrected chi connectivity index (χ0v) is 12.9. The minimum atomic E-state index is -0.405. The van der Waals surface area contributed by atoms with Crippen molar-refractivity contribution in [3.63, 3.8) is 0 Å². The van der Waals surface area contributed by atoms with Gasteiger partial charge in [0.05, 0.1) is 5.69 Å². The predicted octanol–water partition coefficient (Wildman–Crippen LogP) is 2.09. The number of rotatable bonds is 5. The van der Waals surface area contributed by atoms with Gasteiger partial charge in [-0.3, -0.25) is 19.3 Å². The van der Waals surface area contributed by atoms with Crippen molar-refractivity contribution in [2.24, 2.45) is 0 Å². The zero-order valence-electron chi connectivity index (χ0n) is 12.9. The van der Waals surface area contributed by atoms with Crippen molar-refractivity contribution in [2.75, 3.05) is 11.9 Å². The van der Waals surface area contributed by atoms with E-state index < -0.39 is 5.82 Å². The molecule has 0 aliphatic carbocycles. The second kappa shape index (κ2) is 6.66. The third-order valence-electron chi connectivity index (χ3n) is 3.83. The minimum Gasteiger partial charge on any atom is -0.326 e. The molecule has 0 unspecified atom stereocenters. The van der Waals surface area contributed by atoms with E-state index in [2.05, 4.69) is 5.32 Å². The lowest BCUT2D eigenvalue weighted by Crippen LogP contribution is -2.32. The first kappa shape index (κ1) is 15.9. The van der Waals surface area contributed by atoms with E-state index in [1.165, 1.54) is 18.2 Å². The topological polar surface area (TPSA) is 71.4 Å². The molecule has 1 aromatic carbocycles. The molecule has 7 heteroatoms. The summed E-state index contributed by atoms with van der Waals surface area (Å²) < 4.78 is 15.5. The van der Waals surface area contributed by atoms with Crippen molar-refractivity contribution < 1.29 is 18.8 Å². The van der Waals surface area contributed by atoms with Crippen molar-refractivity contribution in [2.45, 2.75) is 19.3 Å². The fourth-order valence-corrected chi connectivity index (χ4v) is 2.59. The summed E-state index contributed by atoms with van der Waals surface area (Å²) in [6.45, 7) is 0.0646. The number of nitrogens with one attached hydrogen (secondary N) is 1. The molecule has 124 valence electrons. The Morgan fingerprint density at radius 2 is 1.79 bits per heavy atom. The summed E-state index contributed by atoms with van der Waals surface area (Å²) in [4.78, 5) is 36.1. The second-order valence-corrected chi connectivity index (χ2v) is 5.49. The first-order valence-electron chi connectivity index (χ1n) is 7.60. The molecule has 6 nitrogen and oxygen atoms in total. The van der Waals surface area contributed by atoms with Crippen LogP contribution in [0.25, 0.3) is 5.69 Å². The highest BCUT2D eigenvalue weighted by Crippen LogP contribution is 2.19. The monoisotopic (exact) mass is 329 g/mol. The van der Waals surface area contributed by atoms with E-state index in [0.29, 0.717) is 11.4 Å². The Morgan fingerprint density at radius 1 is 1.12 bits per heavy atom. The fraction of sp³-hybridized carbons (Fsp3) is 0.235. The highest BCUT2D eigenvalue weighted by molar-refractivity contribution is 6.02. The van der Waals surface area contributed by atoms with Crippen LogP contribution >= 0.6 is 0 Å². The van der Waals surface area contributed by atoms with Crippen LogP contribution in [-0.4, -0.2) is 33.7 Å². The maximum absolute atomic E-state index is 13.9.